The number of hydrogen-bond donors (Lipinski definition) is 2. The minimum absolute atomic E-state index is 0.138. The van der Waals surface area contributed by atoms with Crippen molar-refractivity contribution in [1.82, 2.24) is 25.3 Å². The molecule has 1 saturated heterocycles. The summed E-state index contributed by atoms with van der Waals surface area (Å²) in [6, 6.07) is 0.197. The average Bonchev–Trinajstić information content (AvgIpc) is 2.82. The Morgan fingerprint density at radius 1 is 1.52 bits per heavy atom. The van der Waals surface area contributed by atoms with E-state index in [9.17, 15) is 4.79 Å². The number of rotatable bonds is 3. The standard InChI is InChI=1S/C16H28N6O/c1-11(2)22-14(23)9-21(10-16(22,4)5)15(17-6)18-7-13-8-19-20-12(13)3/h8,11H,7,9-10H2,1-6H3,(H,17,18)(H,19,20). The van der Waals surface area contributed by atoms with E-state index in [2.05, 4.69) is 48.2 Å². The van der Waals surface area contributed by atoms with Crippen molar-refractivity contribution in [3.8, 4) is 0 Å². The molecule has 1 aromatic heterocycles. The van der Waals surface area contributed by atoms with Crippen LogP contribution in [0.3, 0.4) is 0 Å². The molecule has 7 heteroatoms. The summed E-state index contributed by atoms with van der Waals surface area (Å²) in [6.07, 6.45) is 1.81. The van der Waals surface area contributed by atoms with Crippen LogP contribution < -0.4 is 5.32 Å². The minimum Gasteiger partial charge on any atom is -0.352 e. The number of aliphatic imine (C=N–C) groups is 1. The van der Waals surface area contributed by atoms with Crippen molar-refractivity contribution in [2.75, 3.05) is 20.1 Å². The molecule has 0 spiro atoms. The monoisotopic (exact) mass is 320 g/mol. The number of piperazine rings is 1. The lowest BCUT2D eigenvalue weighted by atomic mass is 9.96. The number of aromatic amines is 1. The third-order valence-electron chi connectivity index (χ3n) is 4.22. The first-order chi connectivity index (χ1) is 10.8. The Morgan fingerprint density at radius 3 is 2.70 bits per heavy atom. The van der Waals surface area contributed by atoms with E-state index in [1.165, 1.54) is 0 Å². The van der Waals surface area contributed by atoms with Crippen LogP contribution in [-0.4, -0.2) is 63.6 Å². The smallest absolute Gasteiger partial charge is 0.242 e. The summed E-state index contributed by atoms with van der Waals surface area (Å²) in [5.74, 6) is 0.883. The van der Waals surface area contributed by atoms with Crippen LogP contribution in [-0.2, 0) is 11.3 Å². The average molecular weight is 320 g/mol. The number of hydrogen-bond acceptors (Lipinski definition) is 3. The molecule has 0 radical (unpaired) electrons. The molecule has 0 bridgehead atoms. The second kappa shape index (κ2) is 6.60. The van der Waals surface area contributed by atoms with Crippen molar-refractivity contribution in [2.45, 2.75) is 52.7 Å². The van der Waals surface area contributed by atoms with Gasteiger partial charge in [-0.15, -0.1) is 0 Å². The number of carbonyl (C=O) groups is 1. The van der Waals surface area contributed by atoms with E-state index >= 15 is 0 Å². The highest BCUT2D eigenvalue weighted by atomic mass is 16.2. The van der Waals surface area contributed by atoms with Gasteiger partial charge >= 0.3 is 0 Å². The molecule has 1 aliphatic rings. The highest BCUT2D eigenvalue weighted by Crippen LogP contribution is 2.24. The fourth-order valence-electron chi connectivity index (χ4n) is 3.37. The molecule has 2 heterocycles. The molecule has 2 N–H and O–H groups in total. The van der Waals surface area contributed by atoms with Gasteiger partial charge in [-0.05, 0) is 34.6 Å². The first-order valence-electron chi connectivity index (χ1n) is 8.03. The zero-order valence-corrected chi connectivity index (χ0v) is 15.0. The molecule has 1 aromatic rings. The summed E-state index contributed by atoms with van der Waals surface area (Å²) in [4.78, 5) is 20.9. The molecule has 1 aliphatic heterocycles. The van der Waals surface area contributed by atoms with E-state index in [0.717, 1.165) is 23.8 Å². The quantitative estimate of drug-likeness (QED) is 0.646. The molecule has 0 saturated carbocycles. The number of nitrogens with zero attached hydrogens (tertiary/aromatic N) is 4. The SMILES string of the molecule is CN=C(NCc1cn[nH]c1C)N1CC(=O)N(C(C)C)C(C)(C)C1. The van der Waals surface area contributed by atoms with E-state index < -0.39 is 0 Å². The molecular formula is C16H28N6O. The van der Waals surface area contributed by atoms with Crippen LogP contribution in [0, 0.1) is 6.92 Å². The second-order valence-corrected chi connectivity index (χ2v) is 6.95. The predicted molar refractivity (Wildman–Crippen MR) is 91.2 cm³/mol. The number of amides is 1. The number of guanidine groups is 1. The van der Waals surface area contributed by atoms with E-state index in [4.69, 9.17) is 0 Å². The maximum Gasteiger partial charge on any atom is 0.242 e. The fraction of sp³-hybridized carbons (Fsp3) is 0.688. The van der Waals surface area contributed by atoms with Gasteiger partial charge in [-0.25, -0.2) is 0 Å². The molecule has 0 unspecified atom stereocenters. The van der Waals surface area contributed by atoms with Gasteiger partial charge in [-0.1, -0.05) is 0 Å². The maximum absolute atomic E-state index is 12.6. The summed E-state index contributed by atoms with van der Waals surface area (Å²) in [5, 5.41) is 10.3. The van der Waals surface area contributed by atoms with E-state index in [0.29, 0.717) is 13.1 Å². The van der Waals surface area contributed by atoms with Crippen LogP contribution in [0.4, 0.5) is 0 Å². The maximum atomic E-state index is 12.6. The lowest BCUT2D eigenvalue weighted by Gasteiger charge is -2.49. The summed E-state index contributed by atoms with van der Waals surface area (Å²) >= 11 is 0. The topological polar surface area (TPSA) is 76.6 Å². The van der Waals surface area contributed by atoms with E-state index in [1.807, 2.05) is 16.7 Å². The summed E-state index contributed by atoms with van der Waals surface area (Å²) < 4.78 is 0. The summed E-state index contributed by atoms with van der Waals surface area (Å²) in [7, 11) is 1.75. The van der Waals surface area contributed by atoms with Crippen molar-refractivity contribution in [3.05, 3.63) is 17.5 Å². The van der Waals surface area contributed by atoms with Gasteiger partial charge in [0.05, 0.1) is 18.3 Å². The van der Waals surface area contributed by atoms with Crippen molar-refractivity contribution < 1.29 is 4.79 Å². The molecule has 128 valence electrons. The van der Waals surface area contributed by atoms with Crippen LogP contribution >= 0.6 is 0 Å². The van der Waals surface area contributed by atoms with E-state index in [1.54, 1.807) is 13.2 Å². The van der Waals surface area contributed by atoms with Crippen LogP contribution in [0.25, 0.3) is 0 Å². The van der Waals surface area contributed by atoms with Crippen LogP contribution in [0.2, 0.25) is 0 Å². The molecular weight excluding hydrogens is 292 g/mol. The van der Waals surface area contributed by atoms with Crippen molar-refractivity contribution >= 4 is 11.9 Å². The first kappa shape index (κ1) is 17.3. The largest absolute Gasteiger partial charge is 0.352 e. The lowest BCUT2D eigenvalue weighted by Crippen LogP contribution is -2.66. The molecule has 1 fully saturated rings. The van der Waals surface area contributed by atoms with Crippen LogP contribution in [0.15, 0.2) is 11.2 Å². The van der Waals surface area contributed by atoms with Gasteiger partial charge in [0.25, 0.3) is 0 Å². The molecule has 23 heavy (non-hydrogen) atoms. The highest BCUT2D eigenvalue weighted by Gasteiger charge is 2.40. The van der Waals surface area contributed by atoms with Gasteiger partial charge in [0, 0.05) is 37.4 Å². The van der Waals surface area contributed by atoms with Gasteiger partial charge in [-0.2, -0.15) is 5.10 Å². The Bertz CT molecular complexity index is 589. The normalized spacial score (nSPS) is 18.7. The van der Waals surface area contributed by atoms with Crippen LogP contribution in [0.1, 0.15) is 39.0 Å². The first-order valence-corrected chi connectivity index (χ1v) is 8.03. The molecule has 1 amide bonds. The molecule has 0 aliphatic carbocycles. The number of aromatic nitrogens is 2. The van der Waals surface area contributed by atoms with Gasteiger partial charge in [0.2, 0.25) is 5.91 Å². The van der Waals surface area contributed by atoms with E-state index in [-0.39, 0.29) is 17.5 Å². The zero-order valence-electron chi connectivity index (χ0n) is 15.0. The predicted octanol–water partition coefficient (Wildman–Crippen LogP) is 1.12. The third-order valence-corrected chi connectivity index (χ3v) is 4.22. The fourth-order valence-corrected chi connectivity index (χ4v) is 3.37. The summed E-state index contributed by atoms with van der Waals surface area (Å²) in [6.45, 7) is 12.0. The van der Waals surface area contributed by atoms with Gasteiger partial charge < -0.3 is 15.1 Å². The number of carbonyl (C=O) groups excluding carboxylic acids is 1. The number of H-pyrrole nitrogens is 1. The molecule has 2 rings (SSSR count). The van der Waals surface area contributed by atoms with Crippen molar-refractivity contribution in [2.24, 2.45) is 4.99 Å². The Morgan fingerprint density at radius 2 is 2.22 bits per heavy atom. The molecule has 0 atom stereocenters. The Labute approximate surface area is 138 Å². The van der Waals surface area contributed by atoms with Crippen molar-refractivity contribution in [1.29, 1.82) is 0 Å². The second-order valence-electron chi connectivity index (χ2n) is 6.95. The highest BCUT2D eigenvalue weighted by molar-refractivity contribution is 5.88. The molecule has 0 aromatic carbocycles. The Kier molecular flexibility index (Phi) is 4.97. The lowest BCUT2D eigenvalue weighted by molar-refractivity contribution is -0.145. The number of aryl methyl sites for hydroxylation is 1. The van der Waals surface area contributed by atoms with Gasteiger partial charge in [0.1, 0.15) is 0 Å². The van der Waals surface area contributed by atoms with Crippen LogP contribution in [0.5, 0.6) is 0 Å². The van der Waals surface area contributed by atoms with Gasteiger partial charge in [0.15, 0.2) is 5.96 Å². The Hall–Kier alpha value is -2.05. The molecule has 7 nitrogen and oxygen atoms in total. The zero-order chi connectivity index (χ0) is 17.2. The third kappa shape index (κ3) is 3.65. The van der Waals surface area contributed by atoms with Gasteiger partial charge in [-0.3, -0.25) is 14.9 Å². The minimum atomic E-state index is -0.229. The van der Waals surface area contributed by atoms with Crippen molar-refractivity contribution in [3.63, 3.8) is 0 Å². The number of nitrogens with one attached hydrogen (secondary N) is 2. The summed E-state index contributed by atoms with van der Waals surface area (Å²) in [5.41, 5.74) is 1.90. The Balaban J connectivity index is 2.08.